The van der Waals surface area contributed by atoms with Gasteiger partial charge in [0.2, 0.25) is 0 Å². The van der Waals surface area contributed by atoms with E-state index in [0.717, 1.165) is 16.0 Å². The van der Waals surface area contributed by atoms with Gasteiger partial charge >= 0.3 is 174 Å². The number of nitrogens with two attached hydrogens (primary N) is 1. The average Bonchev–Trinajstić information content (AvgIpc) is 3.17. The molecule has 8 nitrogen and oxygen atoms in total. The summed E-state index contributed by atoms with van der Waals surface area (Å²) in [7, 11) is 0. The van der Waals surface area contributed by atoms with Crippen LogP contribution in [-0.2, 0) is 9.57 Å². The summed E-state index contributed by atoms with van der Waals surface area (Å²) in [5.74, 6) is 1.89. The number of nitrogens with one attached hydrogen (secondary N) is 1. The first-order valence-corrected chi connectivity index (χ1v) is 10.4. The Labute approximate surface area is 173 Å². The molecule has 2 aromatic carbocycles. The fourth-order valence-corrected chi connectivity index (χ4v) is 3.96. The number of fused-ring (bicyclic) bond motifs is 1. The van der Waals surface area contributed by atoms with Crippen LogP contribution >= 0.6 is 0 Å². The van der Waals surface area contributed by atoms with E-state index in [0.29, 0.717) is 6.61 Å². The molecule has 4 N–H and O–H groups in total. The van der Waals surface area contributed by atoms with Crippen LogP contribution in [0.2, 0.25) is 0 Å². The quantitative estimate of drug-likeness (QED) is 0.159. The Balaban J connectivity index is 1.79. The molecule has 1 aromatic heterocycles. The van der Waals surface area contributed by atoms with Crippen molar-refractivity contribution in [2.75, 3.05) is 18.5 Å². The Morgan fingerprint density at radius 3 is 2.90 bits per heavy atom. The van der Waals surface area contributed by atoms with Gasteiger partial charge in [-0.05, 0) is 0 Å². The van der Waals surface area contributed by atoms with Gasteiger partial charge in [-0.2, -0.15) is 0 Å². The number of oxazole rings is 1. The molecule has 11 heteroatoms. The topological polar surface area (TPSA) is 120 Å². The number of hydrogen-bond acceptors (Lipinski definition) is 7. The van der Waals surface area contributed by atoms with E-state index in [-0.39, 0.29) is 23.4 Å². The Bertz CT molecular complexity index is 1060. The van der Waals surface area contributed by atoms with Gasteiger partial charge in [0, 0.05) is 0 Å². The average molecular weight is 518 g/mol. The maximum atomic E-state index is 14.7. The number of aromatic carboxylic acids is 1. The van der Waals surface area contributed by atoms with Crippen LogP contribution in [0.25, 0.3) is 11.1 Å². The second-order valence-electron chi connectivity index (χ2n) is 5.48. The summed E-state index contributed by atoms with van der Waals surface area (Å²) in [6.45, 7) is 0.563. The second kappa shape index (κ2) is 9.62. The van der Waals surface area contributed by atoms with Crippen molar-refractivity contribution in [2.45, 2.75) is 0 Å². The number of nitrogens with zero attached hydrogens (tertiary/aromatic N) is 1. The Kier molecular flexibility index (Phi) is 6.95. The van der Waals surface area contributed by atoms with Crippen LogP contribution in [0, 0.1) is 15.2 Å². The third kappa shape index (κ3) is 4.99. The second-order valence-corrected chi connectivity index (χ2v) is 8.07. The van der Waals surface area contributed by atoms with Crippen molar-refractivity contribution in [3.05, 3.63) is 61.8 Å². The molecule has 0 aliphatic rings. The maximum absolute atomic E-state index is 14.7. The SMILES string of the molecule is NOCCO/C=C/[I-]c1ccc(Nc2c(C(=O)O)cc3ocnc3c2F)c(F)c1. The van der Waals surface area contributed by atoms with Crippen LogP contribution in [0.15, 0.2) is 45.4 Å². The Morgan fingerprint density at radius 2 is 2.17 bits per heavy atom. The number of carboxylic acids is 1. The van der Waals surface area contributed by atoms with Gasteiger partial charge in [0.05, 0.1) is 0 Å². The summed E-state index contributed by atoms with van der Waals surface area (Å²) < 4.78 is 41.8. The molecular formula is C18H15F2IN3O5-. The molecule has 0 atom stereocenters. The number of ether oxygens (including phenoxy) is 1. The molecule has 0 radical (unpaired) electrons. The van der Waals surface area contributed by atoms with E-state index in [1.54, 1.807) is 10.1 Å². The van der Waals surface area contributed by atoms with Gasteiger partial charge in [-0.1, -0.05) is 0 Å². The Morgan fingerprint density at radius 1 is 1.34 bits per heavy atom. The van der Waals surface area contributed by atoms with E-state index < -0.39 is 50.1 Å². The van der Waals surface area contributed by atoms with E-state index in [1.165, 1.54) is 18.4 Å². The number of rotatable bonds is 9. The number of hydrogen-bond donors (Lipinski definition) is 3. The number of carboxylic acid groups (broad SMARTS) is 1. The fourth-order valence-electron chi connectivity index (χ4n) is 2.35. The van der Waals surface area contributed by atoms with Gasteiger partial charge in [0.15, 0.2) is 0 Å². The number of halogens is 3. The number of aromatic nitrogens is 1. The minimum atomic E-state index is -1.39. The molecule has 0 saturated carbocycles. The predicted octanol–water partition coefficient (Wildman–Crippen LogP) is 0.185. The number of carbonyl (C=O) groups is 1. The molecule has 29 heavy (non-hydrogen) atoms. The summed E-state index contributed by atoms with van der Waals surface area (Å²) in [5, 5.41) is 11.9. The van der Waals surface area contributed by atoms with Crippen LogP contribution in [0.3, 0.4) is 0 Å². The van der Waals surface area contributed by atoms with Gasteiger partial charge in [-0.3, -0.25) is 0 Å². The van der Waals surface area contributed by atoms with Crippen LogP contribution in [0.1, 0.15) is 10.4 Å². The zero-order valence-electron chi connectivity index (χ0n) is 14.7. The molecule has 0 bridgehead atoms. The van der Waals surface area contributed by atoms with Gasteiger partial charge in [0.25, 0.3) is 0 Å². The normalized spacial score (nSPS) is 11.4. The first kappa shape index (κ1) is 21.0. The van der Waals surface area contributed by atoms with Crippen LogP contribution in [0.4, 0.5) is 20.2 Å². The predicted molar refractivity (Wildman–Crippen MR) is 94.5 cm³/mol. The molecule has 0 aliphatic heterocycles. The van der Waals surface area contributed by atoms with E-state index >= 15 is 0 Å². The van der Waals surface area contributed by atoms with Gasteiger partial charge < -0.3 is 0 Å². The van der Waals surface area contributed by atoms with Crippen molar-refractivity contribution in [1.29, 1.82) is 0 Å². The number of benzene rings is 2. The molecule has 154 valence electrons. The molecule has 0 saturated heterocycles. The first-order valence-electron chi connectivity index (χ1n) is 8.08. The van der Waals surface area contributed by atoms with Gasteiger partial charge in [0.1, 0.15) is 0 Å². The zero-order valence-corrected chi connectivity index (χ0v) is 16.9. The van der Waals surface area contributed by atoms with Gasteiger partial charge in [-0.25, -0.2) is 0 Å². The zero-order chi connectivity index (χ0) is 20.8. The minimum absolute atomic E-state index is 0.0157. The fraction of sp³-hybridized carbons (Fsp3) is 0.111. The van der Waals surface area contributed by atoms with Crippen molar-refractivity contribution >= 4 is 28.4 Å². The summed E-state index contributed by atoms with van der Waals surface area (Å²) in [5.41, 5.74) is -1.02. The van der Waals surface area contributed by atoms with Crippen molar-refractivity contribution in [3.8, 4) is 0 Å². The monoisotopic (exact) mass is 518 g/mol. The molecule has 3 rings (SSSR count). The summed E-state index contributed by atoms with van der Waals surface area (Å²) in [4.78, 5) is 19.6. The van der Waals surface area contributed by atoms with E-state index in [2.05, 4.69) is 15.1 Å². The van der Waals surface area contributed by atoms with Crippen LogP contribution < -0.4 is 32.4 Å². The van der Waals surface area contributed by atoms with E-state index in [9.17, 15) is 18.7 Å². The first-order chi connectivity index (χ1) is 14.0. The van der Waals surface area contributed by atoms with Crippen molar-refractivity contribution < 1.29 is 53.9 Å². The molecule has 0 amide bonds. The molecule has 1 heterocycles. The third-order valence-corrected chi connectivity index (χ3v) is 5.69. The summed E-state index contributed by atoms with van der Waals surface area (Å²) in [6.07, 6.45) is 2.50. The molecule has 0 unspecified atom stereocenters. The third-order valence-electron chi connectivity index (χ3n) is 3.64. The van der Waals surface area contributed by atoms with Crippen LogP contribution in [-0.4, -0.2) is 29.3 Å². The molecular weight excluding hydrogens is 503 g/mol. The molecule has 0 aliphatic carbocycles. The molecule has 0 spiro atoms. The van der Waals surface area contributed by atoms with E-state index in [4.69, 9.17) is 15.1 Å². The van der Waals surface area contributed by atoms with Crippen LogP contribution in [0.5, 0.6) is 0 Å². The standard InChI is InChI=1S/C18H15F2IN3O5/c19-12-7-10(21-3-4-27-5-6-29-22)1-2-13(12)24-16-11(18(25)26)8-14-17(15(16)20)23-9-28-14/h1-4,7-9,24H,5-6,22H2,(H,25,26)/q-1/b4-3+. The van der Waals surface area contributed by atoms with Crippen molar-refractivity contribution in [3.63, 3.8) is 0 Å². The summed E-state index contributed by atoms with van der Waals surface area (Å²) >= 11 is -0.662. The number of anilines is 2. The van der Waals surface area contributed by atoms with Crippen molar-refractivity contribution in [2.24, 2.45) is 5.90 Å². The molecule has 0 fully saturated rings. The summed E-state index contributed by atoms with van der Waals surface area (Å²) in [6, 6.07) is 5.52. The van der Waals surface area contributed by atoms with Gasteiger partial charge in [-0.15, -0.1) is 0 Å². The van der Waals surface area contributed by atoms with Crippen molar-refractivity contribution in [1.82, 2.24) is 4.98 Å². The molecule has 3 aromatic rings. The van der Waals surface area contributed by atoms with E-state index in [1.807, 2.05) is 0 Å². The Hall–Kier alpha value is -2.77.